The van der Waals surface area contributed by atoms with E-state index in [0.29, 0.717) is 31.9 Å². The average molecular weight is 479 g/mol. The van der Waals surface area contributed by atoms with Crippen LogP contribution in [0.15, 0.2) is 18.3 Å². The summed E-state index contributed by atoms with van der Waals surface area (Å²) in [5.41, 5.74) is 5.94. The molecule has 3 rings (SSSR count). The zero-order valence-electron chi connectivity index (χ0n) is 17.5. The molecule has 9 nitrogen and oxygen atoms in total. The van der Waals surface area contributed by atoms with Crippen molar-refractivity contribution >= 4 is 11.9 Å². The van der Waals surface area contributed by atoms with Gasteiger partial charge in [0.05, 0.1) is 18.4 Å². The van der Waals surface area contributed by atoms with Crippen molar-refractivity contribution in [3.8, 4) is 5.75 Å². The van der Waals surface area contributed by atoms with E-state index in [4.69, 9.17) is 20.4 Å². The van der Waals surface area contributed by atoms with E-state index in [-0.39, 0.29) is 17.2 Å². The number of halogens is 5. The van der Waals surface area contributed by atoms with E-state index >= 15 is 0 Å². The first-order valence-electron chi connectivity index (χ1n) is 9.68. The quantitative estimate of drug-likeness (QED) is 0.631. The first-order chi connectivity index (χ1) is 15.5. The molecule has 3 N–H and O–H groups in total. The van der Waals surface area contributed by atoms with Gasteiger partial charge in [0.1, 0.15) is 0 Å². The topological polar surface area (TPSA) is 124 Å². The minimum absolute atomic E-state index is 0.159. The summed E-state index contributed by atoms with van der Waals surface area (Å²) in [6, 6.07) is 2.52. The molecule has 0 saturated carbocycles. The first kappa shape index (κ1) is 26.0. The van der Waals surface area contributed by atoms with Crippen LogP contribution < -0.4 is 10.5 Å². The molecule has 1 atom stereocenters. The molecule has 0 radical (unpaired) electrons. The van der Waals surface area contributed by atoms with Gasteiger partial charge in [-0.2, -0.15) is 17.6 Å². The molecule has 1 aliphatic rings. The molecule has 0 bridgehead atoms. The molecule has 0 spiro atoms. The third kappa shape index (κ3) is 6.84. The standard InChI is InChI=1S/C17H21F2N5O2.C2HF3O2/c1-26-14-5-4-13(15(18)16(14)19)17(25)23-6-2-3-11(8-23)9-24-10-12(7-20)21-22-24;3-2(4,5)1(6)7/h4-5,10-11H,2-3,6-9,20H2,1H3;(H,6,7). The maximum absolute atomic E-state index is 14.2. The van der Waals surface area contributed by atoms with Gasteiger partial charge in [0.15, 0.2) is 11.6 Å². The lowest BCUT2D eigenvalue weighted by atomic mass is 9.97. The number of methoxy groups -OCH3 is 1. The fourth-order valence-electron chi connectivity index (χ4n) is 3.21. The van der Waals surface area contributed by atoms with Gasteiger partial charge < -0.3 is 20.5 Å². The first-order valence-corrected chi connectivity index (χ1v) is 9.68. The Morgan fingerprint density at radius 2 is 1.94 bits per heavy atom. The predicted octanol–water partition coefficient (Wildman–Crippen LogP) is 2.21. The lowest BCUT2D eigenvalue weighted by Gasteiger charge is -2.32. The second-order valence-electron chi connectivity index (χ2n) is 7.14. The van der Waals surface area contributed by atoms with Crippen LogP contribution in [0.1, 0.15) is 28.9 Å². The number of hydrogen-bond acceptors (Lipinski definition) is 6. The molecule has 14 heteroatoms. The highest BCUT2D eigenvalue weighted by Crippen LogP contribution is 2.25. The Morgan fingerprint density at radius 3 is 2.48 bits per heavy atom. The number of rotatable bonds is 5. The zero-order valence-corrected chi connectivity index (χ0v) is 17.5. The van der Waals surface area contributed by atoms with Gasteiger partial charge >= 0.3 is 12.1 Å². The molecule has 33 heavy (non-hydrogen) atoms. The number of aromatic nitrogens is 3. The number of carbonyl (C=O) groups is 2. The summed E-state index contributed by atoms with van der Waals surface area (Å²) in [4.78, 5) is 23.1. The van der Waals surface area contributed by atoms with Crippen molar-refractivity contribution in [3.63, 3.8) is 0 Å². The number of alkyl halides is 3. The summed E-state index contributed by atoms with van der Waals surface area (Å²) in [5, 5.41) is 15.1. The second-order valence-corrected chi connectivity index (χ2v) is 7.14. The van der Waals surface area contributed by atoms with Gasteiger partial charge in [-0.25, -0.2) is 9.18 Å². The summed E-state index contributed by atoms with van der Waals surface area (Å²) in [5.74, 6) is -5.67. The number of benzene rings is 1. The SMILES string of the molecule is COc1ccc(C(=O)N2CCCC(Cn3cc(CN)nn3)C2)c(F)c1F.O=C(O)C(F)(F)F. The Labute approximate surface area is 184 Å². The van der Waals surface area contributed by atoms with Crippen molar-refractivity contribution in [2.24, 2.45) is 11.7 Å². The van der Waals surface area contributed by atoms with Crippen LogP contribution in [0.3, 0.4) is 0 Å². The second kappa shape index (κ2) is 11.0. The minimum atomic E-state index is -5.08. The Kier molecular flexibility index (Phi) is 8.68. The number of ether oxygens (including phenoxy) is 1. The summed E-state index contributed by atoms with van der Waals surface area (Å²) < 4.78 is 66.3. The number of carboxylic acids is 1. The Bertz CT molecular complexity index is 982. The Morgan fingerprint density at radius 1 is 1.27 bits per heavy atom. The van der Waals surface area contributed by atoms with Crippen LogP contribution in [0.25, 0.3) is 0 Å². The van der Waals surface area contributed by atoms with Crippen molar-refractivity contribution in [2.75, 3.05) is 20.2 Å². The lowest BCUT2D eigenvalue weighted by Crippen LogP contribution is -2.41. The fourth-order valence-corrected chi connectivity index (χ4v) is 3.21. The van der Waals surface area contributed by atoms with Gasteiger partial charge in [0.25, 0.3) is 5.91 Å². The van der Waals surface area contributed by atoms with E-state index in [9.17, 15) is 26.7 Å². The predicted molar refractivity (Wildman–Crippen MR) is 103 cm³/mol. The van der Waals surface area contributed by atoms with Crippen molar-refractivity contribution in [3.05, 3.63) is 41.2 Å². The molecule has 2 aromatic rings. The van der Waals surface area contributed by atoms with Gasteiger partial charge in [-0.05, 0) is 30.9 Å². The number of carbonyl (C=O) groups excluding carboxylic acids is 1. The molecule has 1 aliphatic heterocycles. The summed E-state index contributed by atoms with van der Waals surface area (Å²) >= 11 is 0. The van der Waals surface area contributed by atoms with Crippen molar-refractivity contribution in [1.29, 1.82) is 0 Å². The molecule has 2 heterocycles. The monoisotopic (exact) mass is 479 g/mol. The van der Waals surface area contributed by atoms with Gasteiger partial charge in [0.2, 0.25) is 5.82 Å². The molecule has 1 amide bonds. The number of likely N-dealkylation sites (tertiary alicyclic amines) is 1. The highest BCUT2D eigenvalue weighted by Gasteiger charge is 2.38. The van der Waals surface area contributed by atoms with Gasteiger partial charge in [-0.3, -0.25) is 9.48 Å². The van der Waals surface area contributed by atoms with Crippen LogP contribution in [0.2, 0.25) is 0 Å². The molecule has 0 aliphatic carbocycles. The van der Waals surface area contributed by atoms with Crippen LogP contribution in [0.4, 0.5) is 22.0 Å². The fraction of sp³-hybridized carbons (Fsp3) is 0.474. The zero-order chi connectivity index (χ0) is 24.8. The Hall–Kier alpha value is -3.29. The van der Waals surface area contributed by atoms with E-state index in [1.807, 2.05) is 0 Å². The largest absolute Gasteiger partial charge is 0.494 e. The van der Waals surface area contributed by atoms with Gasteiger partial charge in [0, 0.05) is 32.4 Å². The molecule has 1 aromatic heterocycles. The molecular formula is C19H22F5N5O4. The van der Waals surface area contributed by atoms with Crippen LogP contribution in [0.5, 0.6) is 5.75 Å². The molecule has 1 aromatic carbocycles. The highest BCUT2D eigenvalue weighted by atomic mass is 19.4. The third-order valence-electron chi connectivity index (χ3n) is 4.79. The van der Waals surface area contributed by atoms with Crippen molar-refractivity contribution in [1.82, 2.24) is 19.9 Å². The number of piperidine rings is 1. The molecular weight excluding hydrogens is 457 g/mol. The van der Waals surface area contributed by atoms with Gasteiger partial charge in [-0.1, -0.05) is 5.21 Å². The average Bonchev–Trinajstić information content (AvgIpc) is 3.22. The van der Waals surface area contributed by atoms with E-state index in [1.54, 1.807) is 15.8 Å². The van der Waals surface area contributed by atoms with Crippen LogP contribution >= 0.6 is 0 Å². The summed E-state index contributed by atoms with van der Waals surface area (Å²) in [7, 11) is 1.24. The smallest absolute Gasteiger partial charge is 0.490 e. The normalized spacial score (nSPS) is 16.1. The lowest BCUT2D eigenvalue weighted by molar-refractivity contribution is -0.192. The highest BCUT2D eigenvalue weighted by molar-refractivity contribution is 5.94. The molecule has 1 saturated heterocycles. The van der Waals surface area contributed by atoms with Crippen LogP contribution in [0, 0.1) is 17.6 Å². The third-order valence-corrected chi connectivity index (χ3v) is 4.79. The molecule has 1 fully saturated rings. The van der Waals surface area contributed by atoms with E-state index in [1.165, 1.54) is 19.2 Å². The van der Waals surface area contributed by atoms with Crippen molar-refractivity contribution in [2.45, 2.75) is 32.1 Å². The number of carboxylic acid groups (broad SMARTS) is 1. The minimum Gasteiger partial charge on any atom is -0.494 e. The van der Waals surface area contributed by atoms with E-state index in [0.717, 1.165) is 12.8 Å². The van der Waals surface area contributed by atoms with Gasteiger partial charge in [-0.15, -0.1) is 5.10 Å². The number of amides is 1. The number of hydrogen-bond donors (Lipinski definition) is 2. The van der Waals surface area contributed by atoms with E-state index in [2.05, 4.69) is 10.3 Å². The molecule has 1 unspecified atom stereocenters. The Balaban J connectivity index is 0.000000479. The van der Waals surface area contributed by atoms with Crippen LogP contribution in [-0.4, -0.2) is 63.3 Å². The number of nitrogens with two attached hydrogens (primary N) is 1. The summed E-state index contributed by atoms with van der Waals surface area (Å²) in [6.07, 6.45) is -1.60. The van der Waals surface area contributed by atoms with E-state index < -0.39 is 29.7 Å². The summed E-state index contributed by atoms with van der Waals surface area (Å²) in [6.45, 7) is 1.87. The number of nitrogens with zero attached hydrogens (tertiary/aromatic N) is 4. The maximum Gasteiger partial charge on any atom is 0.490 e. The van der Waals surface area contributed by atoms with Crippen molar-refractivity contribution < 1.29 is 41.4 Å². The molecule has 182 valence electrons. The maximum atomic E-state index is 14.2. The number of aliphatic carboxylic acids is 1. The van der Waals surface area contributed by atoms with Crippen LogP contribution in [-0.2, 0) is 17.9 Å².